The normalized spacial score (nSPS) is 17.0. The molecule has 1 aromatic heterocycles. The molecular formula is C18H25N3. The fourth-order valence-corrected chi connectivity index (χ4v) is 3.14. The zero-order chi connectivity index (χ0) is 14.3. The molecule has 2 heterocycles. The van der Waals surface area contributed by atoms with E-state index in [0.29, 0.717) is 0 Å². The molecule has 0 spiro atoms. The van der Waals surface area contributed by atoms with Gasteiger partial charge >= 0.3 is 0 Å². The first-order valence-corrected chi connectivity index (χ1v) is 8.18. The van der Waals surface area contributed by atoms with Crippen LogP contribution in [0, 0.1) is 0 Å². The summed E-state index contributed by atoms with van der Waals surface area (Å²) in [4.78, 5) is 6.94. The molecule has 0 radical (unpaired) electrons. The number of likely N-dealkylation sites (tertiary alicyclic amines) is 1. The fraction of sp³-hybridized carbons (Fsp3) is 0.500. The van der Waals surface area contributed by atoms with Crippen LogP contribution in [0.15, 0.2) is 36.7 Å². The van der Waals surface area contributed by atoms with Gasteiger partial charge in [0.05, 0.1) is 0 Å². The van der Waals surface area contributed by atoms with Gasteiger partial charge in [-0.1, -0.05) is 37.1 Å². The second-order valence-corrected chi connectivity index (χ2v) is 5.95. The molecule has 1 fully saturated rings. The quantitative estimate of drug-likeness (QED) is 0.854. The van der Waals surface area contributed by atoms with E-state index in [1.54, 1.807) is 0 Å². The van der Waals surface area contributed by atoms with Crippen LogP contribution in [0.3, 0.4) is 0 Å². The first kappa shape index (κ1) is 14.5. The number of fused-ring (bicyclic) bond motifs is 1. The van der Waals surface area contributed by atoms with Crippen LogP contribution >= 0.6 is 0 Å². The highest BCUT2D eigenvalue weighted by atomic mass is 15.1. The van der Waals surface area contributed by atoms with Crippen LogP contribution in [0.25, 0.3) is 10.8 Å². The maximum absolute atomic E-state index is 4.34. The molecule has 1 aliphatic rings. The van der Waals surface area contributed by atoms with Crippen LogP contribution in [0.1, 0.15) is 31.2 Å². The fourth-order valence-electron chi connectivity index (χ4n) is 3.14. The number of nitrogens with zero attached hydrogens (tertiary/aromatic N) is 2. The van der Waals surface area contributed by atoms with Crippen molar-refractivity contribution in [3.05, 3.63) is 42.2 Å². The van der Waals surface area contributed by atoms with Gasteiger partial charge in [-0.3, -0.25) is 4.98 Å². The van der Waals surface area contributed by atoms with E-state index in [0.717, 1.165) is 19.6 Å². The van der Waals surface area contributed by atoms with Crippen LogP contribution in [-0.4, -0.2) is 36.1 Å². The molecule has 1 N–H and O–H groups in total. The van der Waals surface area contributed by atoms with Crippen molar-refractivity contribution in [2.24, 2.45) is 0 Å². The number of rotatable bonds is 5. The summed E-state index contributed by atoms with van der Waals surface area (Å²) in [6.45, 7) is 5.68. The van der Waals surface area contributed by atoms with Crippen LogP contribution in [-0.2, 0) is 6.54 Å². The Bertz CT molecular complexity index is 554. The molecule has 0 amide bonds. The first-order chi connectivity index (χ1) is 10.4. The Hall–Kier alpha value is -1.45. The van der Waals surface area contributed by atoms with Crippen LogP contribution < -0.4 is 5.32 Å². The zero-order valence-electron chi connectivity index (χ0n) is 12.7. The largest absolute Gasteiger partial charge is 0.311 e. The van der Waals surface area contributed by atoms with Crippen LogP contribution in [0.2, 0.25) is 0 Å². The molecule has 2 aromatic rings. The molecule has 112 valence electrons. The highest BCUT2D eigenvalue weighted by molar-refractivity contribution is 5.84. The lowest BCUT2D eigenvalue weighted by Crippen LogP contribution is -2.32. The van der Waals surface area contributed by atoms with Gasteiger partial charge in [0, 0.05) is 37.4 Å². The summed E-state index contributed by atoms with van der Waals surface area (Å²) in [6, 6.07) is 8.48. The highest BCUT2D eigenvalue weighted by Crippen LogP contribution is 2.16. The minimum Gasteiger partial charge on any atom is -0.311 e. The molecule has 0 unspecified atom stereocenters. The van der Waals surface area contributed by atoms with E-state index >= 15 is 0 Å². The van der Waals surface area contributed by atoms with E-state index in [1.807, 2.05) is 12.4 Å². The van der Waals surface area contributed by atoms with Crippen LogP contribution in [0.5, 0.6) is 0 Å². The standard InChI is InChI=1S/C18H25N3/c1-2-6-11-21(10-5-1)12-9-19-14-17-15-20-13-16-7-3-4-8-18(16)17/h3-4,7-8,13,15,19H,1-2,5-6,9-12,14H2. The lowest BCUT2D eigenvalue weighted by Gasteiger charge is -2.19. The number of benzene rings is 1. The topological polar surface area (TPSA) is 28.2 Å². The van der Waals surface area contributed by atoms with Crippen molar-refractivity contribution in [3.63, 3.8) is 0 Å². The van der Waals surface area contributed by atoms with Gasteiger partial charge in [-0.2, -0.15) is 0 Å². The zero-order valence-corrected chi connectivity index (χ0v) is 12.7. The van der Waals surface area contributed by atoms with E-state index in [4.69, 9.17) is 0 Å². The van der Waals surface area contributed by atoms with Gasteiger partial charge in [0.2, 0.25) is 0 Å². The smallest absolute Gasteiger partial charge is 0.0346 e. The summed E-state index contributed by atoms with van der Waals surface area (Å²) in [7, 11) is 0. The van der Waals surface area contributed by atoms with Crippen molar-refractivity contribution >= 4 is 10.8 Å². The van der Waals surface area contributed by atoms with Crippen molar-refractivity contribution in [1.29, 1.82) is 0 Å². The third-order valence-corrected chi connectivity index (χ3v) is 4.37. The van der Waals surface area contributed by atoms with Crippen molar-refractivity contribution in [2.75, 3.05) is 26.2 Å². The van der Waals surface area contributed by atoms with E-state index in [1.165, 1.54) is 55.1 Å². The van der Waals surface area contributed by atoms with Gasteiger partial charge < -0.3 is 10.2 Å². The Labute approximate surface area is 127 Å². The molecule has 21 heavy (non-hydrogen) atoms. The molecular weight excluding hydrogens is 258 g/mol. The summed E-state index contributed by atoms with van der Waals surface area (Å²) in [5.41, 5.74) is 1.30. The molecule has 3 rings (SSSR count). The van der Waals surface area contributed by atoms with E-state index in [2.05, 4.69) is 39.5 Å². The molecule has 0 atom stereocenters. The number of nitrogens with one attached hydrogen (secondary N) is 1. The van der Waals surface area contributed by atoms with Gasteiger partial charge in [-0.25, -0.2) is 0 Å². The lowest BCUT2D eigenvalue weighted by molar-refractivity contribution is 0.284. The van der Waals surface area contributed by atoms with Gasteiger partial charge in [0.1, 0.15) is 0 Å². The predicted molar refractivity (Wildman–Crippen MR) is 88.4 cm³/mol. The van der Waals surface area contributed by atoms with Gasteiger partial charge in [0.15, 0.2) is 0 Å². The first-order valence-electron chi connectivity index (χ1n) is 8.18. The van der Waals surface area contributed by atoms with E-state index < -0.39 is 0 Å². The SMILES string of the molecule is c1ccc2c(CNCCN3CCCCCC3)cncc2c1. The van der Waals surface area contributed by atoms with Gasteiger partial charge in [0.25, 0.3) is 0 Å². The number of pyridine rings is 1. The van der Waals surface area contributed by atoms with Crippen molar-refractivity contribution in [2.45, 2.75) is 32.2 Å². The minimum atomic E-state index is 0.905. The minimum absolute atomic E-state index is 0.905. The van der Waals surface area contributed by atoms with Crippen molar-refractivity contribution in [1.82, 2.24) is 15.2 Å². The van der Waals surface area contributed by atoms with E-state index in [-0.39, 0.29) is 0 Å². The molecule has 3 heteroatoms. The number of hydrogen-bond donors (Lipinski definition) is 1. The van der Waals surface area contributed by atoms with Crippen molar-refractivity contribution < 1.29 is 0 Å². The number of hydrogen-bond acceptors (Lipinski definition) is 3. The maximum atomic E-state index is 4.34. The Balaban J connectivity index is 1.50. The summed E-state index contributed by atoms with van der Waals surface area (Å²) in [5, 5.41) is 6.12. The van der Waals surface area contributed by atoms with Crippen LogP contribution in [0.4, 0.5) is 0 Å². The molecule has 0 saturated carbocycles. The molecule has 3 nitrogen and oxygen atoms in total. The van der Waals surface area contributed by atoms with Gasteiger partial charge in [-0.15, -0.1) is 0 Å². The Kier molecular flexibility index (Phi) is 5.19. The molecule has 0 aliphatic carbocycles. The summed E-state index contributed by atoms with van der Waals surface area (Å²) in [5.74, 6) is 0. The second kappa shape index (κ2) is 7.53. The van der Waals surface area contributed by atoms with E-state index in [9.17, 15) is 0 Å². The molecule has 1 saturated heterocycles. The third kappa shape index (κ3) is 4.02. The Morgan fingerprint density at radius 2 is 1.81 bits per heavy atom. The Morgan fingerprint density at radius 3 is 2.67 bits per heavy atom. The Morgan fingerprint density at radius 1 is 1.00 bits per heavy atom. The monoisotopic (exact) mass is 283 g/mol. The summed E-state index contributed by atoms with van der Waals surface area (Å²) >= 11 is 0. The molecule has 1 aliphatic heterocycles. The van der Waals surface area contributed by atoms with Crippen molar-refractivity contribution in [3.8, 4) is 0 Å². The van der Waals surface area contributed by atoms with Gasteiger partial charge in [-0.05, 0) is 36.9 Å². The summed E-state index contributed by atoms with van der Waals surface area (Å²) < 4.78 is 0. The lowest BCUT2D eigenvalue weighted by atomic mass is 10.1. The molecule has 1 aromatic carbocycles. The third-order valence-electron chi connectivity index (χ3n) is 4.37. The maximum Gasteiger partial charge on any atom is 0.0346 e. The molecule has 0 bridgehead atoms. The average Bonchev–Trinajstić information content (AvgIpc) is 2.80. The second-order valence-electron chi connectivity index (χ2n) is 5.95. The number of aromatic nitrogens is 1. The predicted octanol–water partition coefficient (Wildman–Crippen LogP) is 3.20. The highest BCUT2D eigenvalue weighted by Gasteiger charge is 2.08. The average molecular weight is 283 g/mol. The summed E-state index contributed by atoms with van der Waals surface area (Å²) in [6.07, 6.45) is 9.48.